The largest absolute Gasteiger partial charge is 0.384 e. The second kappa shape index (κ2) is 10.9. The Bertz CT molecular complexity index is 1570. The molecule has 2 amide bonds. The summed E-state index contributed by atoms with van der Waals surface area (Å²) in [5, 5.41) is 6.68. The number of nitrogens with zero attached hydrogens (tertiary/aromatic N) is 4. The number of nitrogen functional groups attached to an aromatic ring is 1. The minimum atomic E-state index is -0.387. The number of imide groups is 1. The van der Waals surface area contributed by atoms with Gasteiger partial charge in [-0.3, -0.25) is 14.9 Å². The molecule has 5 N–H and O–H groups in total. The summed E-state index contributed by atoms with van der Waals surface area (Å²) in [5.41, 5.74) is 10.8. The molecule has 6 rings (SSSR count). The van der Waals surface area contributed by atoms with Gasteiger partial charge in [0.2, 0.25) is 5.95 Å². The monoisotopic (exact) mass is 540 g/mol. The van der Waals surface area contributed by atoms with Gasteiger partial charge >= 0.3 is 0 Å². The van der Waals surface area contributed by atoms with Gasteiger partial charge in [-0.1, -0.05) is 12.1 Å². The molecule has 4 aromatic rings. The Morgan fingerprint density at radius 3 is 2.79 bits per heavy atom. The molecule has 198 valence electrons. The highest BCUT2D eigenvalue weighted by molar-refractivity contribution is 8.18. The molecule has 0 bridgehead atoms. The highest BCUT2D eigenvalue weighted by Crippen LogP contribution is 2.28. The lowest BCUT2D eigenvalue weighted by atomic mass is 9.96. The van der Waals surface area contributed by atoms with Crippen LogP contribution in [0.5, 0.6) is 0 Å². The first-order valence-electron chi connectivity index (χ1n) is 12.9. The number of benzene rings is 1. The average Bonchev–Trinajstić information content (AvgIpc) is 3.54. The number of thioether (sulfide) groups is 1. The third kappa shape index (κ3) is 5.64. The van der Waals surface area contributed by atoms with Gasteiger partial charge in [0.25, 0.3) is 11.1 Å². The Labute approximate surface area is 229 Å². The molecule has 0 unspecified atom stereocenters. The molecule has 0 spiro atoms. The number of carbonyl (C=O) groups excluding carboxylic acids is 2. The van der Waals surface area contributed by atoms with Crippen molar-refractivity contribution in [1.29, 1.82) is 0 Å². The van der Waals surface area contributed by atoms with E-state index >= 15 is 0 Å². The number of fused-ring (bicyclic) bond motifs is 1. The van der Waals surface area contributed by atoms with E-state index in [1.165, 1.54) is 0 Å². The molecule has 2 saturated heterocycles. The van der Waals surface area contributed by atoms with E-state index in [0.29, 0.717) is 34.8 Å². The lowest BCUT2D eigenvalue weighted by molar-refractivity contribution is -0.115. The topological polar surface area (TPSA) is 142 Å². The van der Waals surface area contributed by atoms with Gasteiger partial charge in [-0.15, -0.1) is 0 Å². The summed E-state index contributed by atoms with van der Waals surface area (Å²) in [6.07, 6.45) is 7.29. The van der Waals surface area contributed by atoms with E-state index in [1.54, 1.807) is 18.3 Å². The van der Waals surface area contributed by atoms with Crippen LogP contribution in [0.2, 0.25) is 0 Å². The van der Waals surface area contributed by atoms with Gasteiger partial charge in [-0.25, -0.2) is 15.0 Å². The van der Waals surface area contributed by atoms with E-state index in [4.69, 9.17) is 5.73 Å². The minimum absolute atomic E-state index is 0.346. The Hall–Kier alpha value is -4.22. The van der Waals surface area contributed by atoms with Crippen LogP contribution in [0.15, 0.2) is 59.8 Å². The number of anilines is 2. The molecule has 5 heterocycles. The van der Waals surface area contributed by atoms with Crippen LogP contribution >= 0.6 is 11.8 Å². The van der Waals surface area contributed by atoms with Gasteiger partial charge in [0.15, 0.2) is 0 Å². The van der Waals surface area contributed by atoms with Crippen molar-refractivity contribution in [2.24, 2.45) is 5.92 Å². The smallest absolute Gasteiger partial charge is 0.290 e. The number of nitrogens with two attached hydrogens (primary N) is 1. The van der Waals surface area contributed by atoms with Crippen LogP contribution in [0.4, 0.5) is 16.6 Å². The van der Waals surface area contributed by atoms with Crippen molar-refractivity contribution >= 4 is 51.7 Å². The molecule has 11 heteroatoms. The van der Waals surface area contributed by atoms with Crippen LogP contribution in [0.25, 0.3) is 28.2 Å². The van der Waals surface area contributed by atoms with Crippen LogP contribution in [0.3, 0.4) is 0 Å². The van der Waals surface area contributed by atoms with Crippen molar-refractivity contribution in [1.82, 2.24) is 30.6 Å². The first-order chi connectivity index (χ1) is 19.0. The minimum Gasteiger partial charge on any atom is -0.384 e. The summed E-state index contributed by atoms with van der Waals surface area (Å²) in [6.45, 7) is 3.32. The zero-order valence-corrected chi connectivity index (χ0v) is 22.0. The summed E-state index contributed by atoms with van der Waals surface area (Å²) in [7, 11) is 0. The third-order valence-electron chi connectivity index (χ3n) is 7.06. The van der Waals surface area contributed by atoms with E-state index in [0.717, 1.165) is 72.0 Å². The second-order valence-electron chi connectivity index (χ2n) is 9.72. The maximum absolute atomic E-state index is 11.8. The fraction of sp³-hybridized carbons (Fsp3) is 0.250. The molecule has 2 fully saturated rings. The molecule has 0 saturated carbocycles. The zero-order valence-electron chi connectivity index (χ0n) is 21.2. The van der Waals surface area contributed by atoms with E-state index < -0.39 is 0 Å². The van der Waals surface area contributed by atoms with Crippen molar-refractivity contribution in [3.05, 3.63) is 71.0 Å². The number of hydrogen-bond acceptors (Lipinski definition) is 9. The molecule has 0 radical (unpaired) electrons. The molecule has 0 aliphatic carbocycles. The number of aromatic nitrogens is 4. The summed E-state index contributed by atoms with van der Waals surface area (Å²) in [6, 6.07) is 14.0. The number of pyridine rings is 1. The third-order valence-corrected chi connectivity index (χ3v) is 7.87. The Balaban J connectivity index is 1.05. The zero-order chi connectivity index (χ0) is 26.8. The molecule has 0 atom stereocenters. The summed E-state index contributed by atoms with van der Waals surface area (Å²) in [5.74, 6) is 1.30. The average molecular weight is 541 g/mol. The number of carbonyl (C=O) groups is 2. The number of H-pyrrole nitrogens is 1. The predicted molar refractivity (Wildman–Crippen MR) is 154 cm³/mol. The van der Waals surface area contributed by atoms with Gasteiger partial charge in [-0.2, -0.15) is 0 Å². The van der Waals surface area contributed by atoms with Crippen LogP contribution in [0.1, 0.15) is 24.1 Å². The number of piperidine rings is 1. The van der Waals surface area contributed by atoms with Crippen LogP contribution in [-0.2, 0) is 11.3 Å². The fourth-order valence-electron chi connectivity index (χ4n) is 4.99. The maximum atomic E-state index is 11.8. The van der Waals surface area contributed by atoms with Crippen molar-refractivity contribution in [3.8, 4) is 11.3 Å². The van der Waals surface area contributed by atoms with Crippen molar-refractivity contribution in [2.75, 3.05) is 30.3 Å². The van der Waals surface area contributed by atoms with Gasteiger partial charge < -0.3 is 20.9 Å². The number of nitrogens with one attached hydrogen (secondary N) is 3. The first-order valence-corrected chi connectivity index (χ1v) is 13.7. The lowest BCUT2D eigenvalue weighted by Crippen LogP contribution is -2.38. The van der Waals surface area contributed by atoms with Crippen LogP contribution < -0.4 is 21.3 Å². The highest BCUT2D eigenvalue weighted by atomic mass is 32.2. The number of aromatic amines is 1. The molecule has 1 aromatic carbocycles. The Kier molecular flexibility index (Phi) is 6.99. The van der Waals surface area contributed by atoms with Gasteiger partial charge in [0.1, 0.15) is 5.82 Å². The summed E-state index contributed by atoms with van der Waals surface area (Å²) in [4.78, 5) is 42.7. The molecule has 39 heavy (non-hydrogen) atoms. The SMILES string of the molecule is Nc1ccc(CNCC2CCN(c3nccc(C=C4SC(=O)NC4=O)n3)CC2)c(-c2ccc3[nH]ccc3c2)n1. The van der Waals surface area contributed by atoms with Crippen LogP contribution in [0, 0.1) is 5.92 Å². The van der Waals surface area contributed by atoms with Crippen molar-refractivity contribution in [2.45, 2.75) is 19.4 Å². The quantitative estimate of drug-likeness (QED) is 0.257. The molecule has 3 aromatic heterocycles. The summed E-state index contributed by atoms with van der Waals surface area (Å²) < 4.78 is 0. The lowest BCUT2D eigenvalue weighted by Gasteiger charge is -2.32. The van der Waals surface area contributed by atoms with Gasteiger partial charge in [0.05, 0.1) is 16.3 Å². The van der Waals surface area contributed by atoms with E-state index in [1.807, 2.05) is 12.3 Å². The van der Waals surface area contributed by atoms with Crippen molar-refractivity contribution in [3.63, 3.8) is 0 Å². The Morgan fingerprint density at radius 2 is 1.97 bits per heavy atom. The Morgan fingerprint density at radius 1 is 1.10 bits per heavy atom. The highest BCUT2D eigenvalue weighted by Gasteiger charge is 2.26. The van der Waals surface area contributed by atoms with Crippen molar-refractivity contribution < 1.29 is 9.59 Å². The van der Waals surface area contributed by atoms with Crippen LogP contribution in [-0.4, -0.2) is 50.7 Å². The summed E-state index contributed by atoms with van der Waals surface area (Å²) >= 11 is 0.886. The second-order valence-corrected chi connectivity index (χ2v) is 10.7. The molecule has 2 aliphatic heterocycles. The van der Waals surface area contributed by atoms with E-state index in [-0.39, 0.29) is 11.1 Å². The van der Waals surface area contributed by atoms with E-state index in [9.17, 15) is 9.59 Å². The number of hydrogen-bond donors (Lipinski definition) is 4. The predicted octanol–water partition coefficient (Wildman–Crippen LogP) is 3.93. The number of amides is 2. The number of rotatable bonds is 7. The molecular weight excluding hydrogens is 512 g/mol. The van der Waals surface area contributed by atoms with E-state index in [2.05, 4.69) is 65.8 Å². The fourth-order valence-corrected chi connectivity index (χ4v) is 5.66. The molecule has 10 nitrogen and oxygen atoms in total. The van der Waals surface area contributed by atoms with Gasteiger partial charge in [0, 0.05) is 48.5 Å². The molecular formula is C28H28N8O2S. The first kappa shape index (κ1) is 25.1. The maximum Gasteiger partial charge on any atom is 0.290 e. The molecule has 2 aliphatic rings. The standard InChI is InChI=1S/C28H28N8O2S/c29-24-4-2-20(25(34-24)19-1-3-22-18(13-19)5-9-31-22)16-30-15-17-7-11-36(12-8-17)27-32-10-6-21(33-27)14-23-26(37)35-28(38)39-23/h1-6,9-10,13-14,17,30-31H,7-8,11-12,15-16H2,(H2,29,34)(H,35,37,38). The van der Waals surface area contributed by atoms with Gasteiger partial charge in [-0.05, 0) is 79.0 Å². The normalized spacial score (nSPS) is 17.3.